The van der Waals surface area contributed by atoms with Crippen LogP contribution in [0.15, 0.2) is 73.0 Å². The van der Waals surface area contributed by atoms with E-state index in [-0.39, 0.29) is 28.7 Å². The molecule has 14 nitrogen and oxygen atoms in total. The SMILES string of the molecule is Cc1c(N=NC2C(=O)NN(c3nc(-c4ccco4)c(C#N)c(=O)n3C)C2=O)c(=O)n(-c2ccccc2)n1C. The van der Waals surface area contributed by atoms with Crippen LogP contribution < -0.4 is 21.6 Å². The predicted octanol–water partition coefficient (Wildman–Crippen LogP) is 1.24. The molecule has 4 aromatic rings. The summed E-state index contributed by atoms with van der Waals surface area (Å²) < 4.78 is 9.20. The summed E-state index contributed by atoms with van der Waals surface area (Å²) in [6.07, 6.45) is 1.34. The highest BCUT2D eigenvalue weighted by Crippen LogP contribution is 2.24. The summed E-state index contributed by atoms with van der Waals surface area (Å²) in [5.74, 6) is -1.86. The molecule has 1 aliphatic heterocycles. The molecule has 0 saturated carbocycles. The smallest absolute Gasteiger partial charge is 0.299 e. The second-order valence-electron chi connectivity index (χ2n) is 8.27. The number of hydrogen-bond acceptors (Lipinski definition) is 9. The topological polar surface area (TPSA) is 173 Å². The number of amides is 2. The number of carbonyl (C=O) groups is 2. The van der Waals surface area contributed by atoms with Crippen LogP contribution in [0.3, 0.4) is 0 Å². The highest BCUT2D eigenvalue weighted by atomic mass is 16.3. The van der Waals surface area contributed by atoms with Crippen LogP contribution in [-0.4, -0.2) is 36.8 Å². The van der Waals surface area contributed by atoms with Crippen molar-refractivity contribution in [3.63, 3.8) is 0 Å². The number of furan rings is 1. The molecule has 1 N–H and O–H groups in total. The fourth-order valence-corrected chi connectivity index (χ4v) is 3.98. The minimum atomic E-state index is -1.64. The van der Waals surface area contributed by atoms with Gasteiger partial charge < -0.3 is 4.42 Å². The van der Waals surface area contributed by atoms with Crippen LogP contribution in [0.25, 0.3) is 17.1 Å². The first kappa shape index (κ1) is 24.1. The van der Waals surface area contributed by atoms with Gasteiger partial charge in [0.1, 0.15) is 17.3 Å². The lowest BCUT2D eigenvalue weighted by molar-refractivity contribution is -0.124. The maximum atomic E-state index is 13.2. The van der Waals surface area contributed by atoms with Crippen molar-refractivity contribution in [1.82, 2.24) is 24.3 Å². The predicted molar refractivity (Wildman–Crippen MR) is 132 cm³/mol. The Morgan fingerprint density at radius 1 is 1.05 bits per heavy atom. The number of rotatable bonds is 5. The van der Waals surface area contributed by atoms with Crippen LogP contribution >= 0.6 is 0 Å². The molecule has 1 aliphatic rings. The Balaban J connectivity index is 1.51. The zero-order valence-corrected chi connectivity index (χ0v) is 20.3. The summed E-state index contributed by atoms with van der Waals surface area (Å²) in [6.45, 7) is 1.66. The Hall–Kier alpha value is -5.58. The van der Waals surface area contributed by atoms with Crippen LogP contribution in [-0.2, 0) is 23.7 Å². The van der Waals surface area contributed by atoms with Crippen LogP contribution in [0.2, 0.25) is 0 Å². The lowest BCUT2D eigenvalue weighted by atomic mass is 10.2. The average molecular weight is 513 g/mol. The van der Waals surface area contributed by atoms with Gasteiger partial charge in [-0.3, -0.25) is 33.9 Å². The fraction of sp³-hybridized carbons (Fsp3) is 0.167. The van der Waals surface area contributed by atoms with Crippen LogP contribution in [0, 0.1) is 18.3 Å². The number of azo groups is 1. The van der Waals surface area contributed by atoms with Gasteiger partial charge >= 0.3 is 0 Å². The van der Waals surface area contributed by atoms with E-state index in [9.17, 15) is 24.4 Å². The standard InChI is InChI=1S/C24H19N9O5/c1-13-17(23(37)33(31(13)3)14-8-5-4-6-9-14)27-28-19-20(34)29-32(22(19)36)24-26-18(16-10-7-11-38-16)15(12-25)21(35)30(24)2/h4-11,19H,1-3H3,(H,29,34). The van der Waals surface area contributed by atoms with Gasteiger partial charge in [-0.05, 0) is 31.2 Å². The quantitative estimate of drug-likeness (QED) is 0.309. The molecule has 4 heterocycles. The van der Waals surface area contributed by atoms with E-state index in [4.69, 9.17) is 4.42 Å². The number of nitrogens with zero attached hydrogens (tertiary/aromatic N) is 8. The number of para-hydroxylation sites is 1. The number of nitrogens with one attached hydrogen (secondary N) is 1. The normalized spacial score (nSPS) is 15.3. The molecule has 38 heavy (non-hydrogen) atoms. The number of carbonyl (C=O) groups excluding carboxylic acids is 2. The molecule has 0 bridgehead atoms. The molecule has 190 valence electrons. The van der Waals surface area contributed by atoms with E-state index in [0.29, 0.717) is 11.4 Å². The summed E-state index contributed by atoms with van der Waals surface area (Å²) >= 11 is 0. The van der Waals surface area contributed by atoms with Crippen molar-refractivity contribution >= 4 is 23.5 Å². The molecule has 5 rings (SSSR count). The Labute approximate surface area is 213 Å². The van der Waals surface area contributed by atoms with Gasteiger partial charge in [-0.25, -0.2) is 9.67 Å². The van der Waals surface area contributed by atoms with Gasteiger partial charge in [0.25, 0.3) is 22.9 Å². The molecule has 1 unspecified atom stereocenters. The third-order valence-electron chi connectivity index (χ3n) is 6.06. The van der Waals surface area contributed by atoms with Crippen molar-refractivity contribution < 1.29 is 14.0 Å². The number of benzene rings is 1. The number of hydrazine groups is 1. The number of hydrogen-bond donors (Lipinski definition) is 1. The summed E-state index contributed by atoms with van der Waals surface area (Å²) in [6, 6.07) is 12.1. The molecule has 0 radical (unpaired) electrons. The van der Waals surface area contributed by atoms with E-state index in [2.05, 4.69) is 20.6 Å². The molecule has 0 aliphatic carbocycles. The molecule has 1 aromatic carbocycles. The van der Waals surface area contributed by atoms with Crippen molar-refractivity contribution in [2.24, 2.45) is 24.3 Å². The second kappa shape index (κ2) is 9.13. The molecule has 1 saturated heterocycles. The zero-order chi connectivity index (χ0) is 27.1. The minimum Gasteiger partial charge on any atom is -0.463 e. The molecule has 1 atom stereocenters. The van der Waals surface area contributed by atoms with Crippen molar-refractivity contribution in [3.05, 3.63) is 80.7 Å². The molecule has 3 aromatic heterocycles. The van der Waals surface area contributed by atoms with E-state index in [1.54, 1.807) is 55.1 Å². The highest BCUT2D eigenvalue weighted by Gasteiger charge is 2.43. The summed E-state index contributed by atoms with van der Waals surface area (Å²) in [4.78, 5) is 56.0. The lowest BCUT2D eigenvalue weighted by Gasteiger charge is -2.18. The zero-order valence-electron chi connectivity index (χ0n) is 20.3. The van der Waals surface area contributed by atoms with E-state index in [1.165, 1.54) is 24.1 Å². The van der Waals surface area contributed by atoms with Crippen molar-refractivity contribution in [3.8, 4) is 23.2 Å². The number of nitriles is 1. The van der Waals surface area contributed by atoms with Crippen LogP contribution in [0.1, 0.15) is 11.3 Å². The molecular formula is C24H19N9O5. The molecule has 2 amide bonds. The third-order valence-corrected chi connectivity index (χ3v) is 6.06. The van der Waals surface area contributed by atoms with Crippen molar-refractivity contribution in [1.29, 1.82) is 5.26 Å². The Morgan fingerprint density at radius 3 is 2.45 bits per heavy atom. The largest absolute Gasteiger partial charge is 0.463 e. The highest BCUT2D eigenvalue weighted by molar-refractivity contribution is 6.17. The van der Waals surface area contributed by atoms with E-state index in [1.807, 2.05) is 6.07 Å². The first-order valence-corrected chi connectivity index (χ1v) is 11.2. The van der Waals surface area contributed by atoms with E-state index < -0.39 is 29.0 Å². The Bertz CT molecular complexity index is 1770. The van der Waals surface area contributed by atoms with Crippen molar-refractivity contribution in [2.45, 2.75) is 13.0 Å². The van der Waals surface area contributed by atoms with Gasteiger partial charge in [0.2, 0.25) is 12.0 Å². The van der Waals surface area contributed by atoms with E-state index in [0.717, 1.165) is 9.58 Å². The average Bonchev–Trinajstić information content (AvgIpc) is 3.59. The second-order valence-corrected chi connectivity index (χ2v) is 8.27. The maximum absolute atomic E-state index is 13.2. The molecule has 1 fully saturated rings. The van der Waals surface area contributed by atoms with Gasteiger partial charge in [0, 0.05) is 14.1 Å². The maximum Gasteiger partial charge on any atom is 0.299 e. The lowest BCUT2D eigenvalue weighted by Crippen LogP contribution is -2.41. The number of anilines is 1. The molecular weight excluding hydrogens is 494 g/mol. The summed E-state index contributed by atoms with van der Waals surface area (Å²) in [5.41, 5.74) is 1.72. The first-order valence-electron chi connectivity index (χ1n) is 11.2. The number of aromatic nitrogens is 4. The van der Waals surface area contributed by atoms with Gasteiger partial charge in [-0.2, -0.15) is 15.4 Å². The third kappa shape index (κ3) is 3.69. The Kier molecular flexibility index (Phi) is 5.80. The Morgan fingerprint density at radius 2 is 1.79 bits per heavy atom. The summed E-state index contributed by atoms with van der Waals surface area (Å²) in [5, 5.41) is 18.1. The van der Waals surface area contributed by atoms with Gasteiger partial charge in [-0.1, -0.05) is 18.2 Å². The minimum absolute atomic E-state index is 0.0422. The fourth-order valence-electron chi connectivity index (χ4n) is 3.98. The van der Waals surface area contributed by atoms with Gasteiger partial charge in [0.05, 0.1) is 17.6 Å². The van der Waals surface area contributed by atoms with Crippen molar-refractivity contribution in [2.75, 3.05) is 5.01 Å². The van der Waals surface area contributed by atoms with Gasteiger partial charge in [0.15, 0.2) is 11.4 Å². The van der Waals surface area contributed by atoms with Crippen LogP contribution in [0.4, 0.5) is 11.6 Å². The molecule has 14 heteroatoms. The van der Waals surface area contributed by atoms with E-state index >= 15 is 0 Å². The van der Waals surface area contributed by atoms with Gasteiger partial charge in [-0.15, -0.1) is 5.11 Å². The van der Waals surface area contributed by atoms with Crippen LogP contribution in [0.5, 0.6) is 0 Å². The summed E-state index contributed by atoms with van der Waals surface area (Å²) in [7, 11) is 2.97. The monoisotopic (exact) mass is 513 g/mol. The first-order chi connectivity index (χ1) is 18.2. The molecule has 0 spiro atoms.